The van der Waals surface area contributed by atoms with E-state index in [1.54, 1.807) is 0 Å². The van der Waals surface area contributed by atoms with Crippen LogP contribution < -0.4 is 5.32 Å². The second-order valence-electron chi connectivity index (χ2n) is 3.81. The Morgan fingerprint density at radius 3 is 2.89 bits per heavy atom. The van der Waals surface area contributed by atoms with Gasteiger partial charge in [0.15, 0.2) is 0 Å². The van der Waals surface area contributed by atoms with Crippen LogP contribution in [0.25, 0.3) is 0 Å². The maximum Gasteiger partial charge on any atom is 0.257 e. The van der Waals surface area contributed by atoms with Gasteiger partial charge in [0.1, 0.15) is 12.4 Å². The van der Waals surface area contributed by atoms with Crippen molar-refractivity contribution >= 4 is 11.6 Å². The van der Waals surface area contributed by atoms with Gasteiger partial charge in [0.25, 0.3) is 12.3 Å². The zero-order valence-corrected chi connectivity index (χ0v) is 9.69. The van der Waals surface area contributed by atoms with E-state index in [-0.39, 0.29) is 11.3 Å². The van der Waals surface area contributed by atoms with E-state index in [2.05, 4.69) is 10.4 Å². The first-order valence-electron chi connectivity index (χ1n) is 5.42. The number of hydrogen-bond acceptors (Lipinski definition) is 2. The van der Waals surface area contributed by atoms with E-state index in [0.717, 1.165) is 10.7 Å². The minimum absolute atomic E-state index is 0.140. The summed E-state index contributed by atoms with van der Waals surface area (Å²) >= 11 is 0. The largest absolute Gasteiger partial charge is 0.319 e. The molecule has 100 valence electrons. The second kappa shape index (κ2) is 5.55. The van der Waals surface area contributed by atoms with Crippen LogP contribution in [0.4, 0.5) is 18.9 Å². The van der Waals surface area contributed by atoms with Crippen molar-refractivity contribution in [2.24, 2.45) is 0 Å². The van der Waals surface area contributed by atoms with Gasteiger partial charge in [-0.2, -0.15) is 5.10 Å². The third kappa shape index (κ3) is 3.57. The van der Waals surface area contributed by atoms with Gasteiger partial charge in [-0.25, -0.2) is 13.2 Å². The maximum absolute atomic E-state index is 12.9. The lowest BCUT2D eigenvalue weighted by molar-refractivity contribution is 0.102. The molecule has 0 aliphatic carbocycles. The van der Waals surface area contributed by atoms with Crippen LogP contribution in [-0.4, -0.2) is 22.1 Å². The topological polar surface area (TPSA) is 46.9 Å². The molecule has 19 heavy (non-hydrogen) atoms. The monoisotopic (exact) mass is 269 g/mol. The fourth-order valence-electron chi connectivity index (χ4n) is 1.50. The average Bonchev–Trinajstić information content (AvgIpc) is 2.75. The fourth-order valence-corrected chi connectivity index (χ4v) is 1.50. The minimum Gasteiger partial charge on any atom is -0.319 e. The number of alkyl halides is 2. The molecule has 1 aromatic carbocycles. The quantitative estimate of drug-likeness (QED) is 0.927. The van der Waals surface area contributed by atoms with Crippen LogP contribution in [0.1, 0.15) is 10.4 Å². The number of hydrogen-bond donors (Lipinski definition) is 1. The molecule has 0 saturated heterocycles. The van der Waals surface area contributed by atoms with Crippen molar-refractivity contribution in [1.29, 1.82) is 0 Å². The molecular formula is C12H10F3N3O. The molecular weight excluding hydrogens is 259 g/mol. The van der Waals surface area contributed by atoms with Gasteiger partial charge in [-0.05, 0) is 18.2 Å². The molecule has 4 nitrogen and oxygen atoms in total. The molecule has 0 fully saturated rings. The van der Waals surface area contributed by atoms with Gasteiger partial charge in [0, 0.05) is 11.8 Å². The van der Waals surface area contributed by atoms with Crippen molar-refractivity contribution in [2.45, 2.75) is 13.0 Å². The van der Waals surface area contributed by atoms with Crippen molar-refractivity contribution in [3.63, 3.8) is 0 Å². The zero-order chi connectivity index (χ0) is 13.8. The number of benzene rings is 1. The van der Waals surface area contributed by atoms with Gasteiger partial charge >= 0.3 is 0 Å². The molecule has 0 atom stereocenters. The highest BCUT2D eigenvalue weighted by Gasteiger charge is 2.10. The van der Waals surface area contributed by atoms with Crippen molar-refractivity contribution in [1.82, 2.24) is 9.78 Å². The first-order valence-corrected chi connectivity index (χ1v) is 5.42. The SMILES string of the molecule is O=C(Nc1cnn(CC(F)F)c1)c1cccc(F)c1. The van der Waals surface area contributed by atoms with E-state index in [0.29, 0.717) is 0 Å². The summed E-state index contributed by atoms with van der Waals surface area (Å²) in [7, 11) is 0. The predicted molar refractivity (Wildman–Crippen MR) is 62.6 cm³/mol. The summed E-state index contributed by atoms with van der Waals surface area (Å²) in [4.78, 5) is 11.7. The highest BCUT2D eigenvalue weighted by Crippen LogP contribution is 2.10. The van der Waals surface area contributed by atoms with Gasteiger partial charge in [-0.3, -0.25) is 9.48 Å². The number of aromatic nitrogens is 2. The summed E-state index contributed by atoms with van der Waals surface area (Å²) in [6, 6.07) is 5.16. The summed E-state index contributed by atoms with van der Waals surface area (Å²) in [6.07, 6.45) is 0.00909. The maximum atomic E-state index is 12.9. The van der Waals surface area contributed by atoms with Crippen LogP contribution in [-0.2, 0) is 6.54 Å². The Hall–Kier alpha value is -2.31. The van der Waals surface area contributed by atoms with E-state index in [4.69, 9.17) is 0 Å². The Kier molecular flexibility index (Phi) is 3.84. The van der Waals surface area contributed by atoms with Crippen molar-refractivity contribution in [3.05, 3.63) is 48.0 Å². The van der Waals surface area contributed by atoms with Crippen LogP contribution in [0.2, 0.25) is 0 Å². The summed E-state index contributed by atoms with van der Waals surface area (Å²) in [6.45, 7) is -0.546. The third-order valence-electron chi connectivity index (χ3n) is 2.30. The highest BCUT2D eigenvalue weighted by atomic mass is 19.3. The summed E-state index contributed by atoms with van der Waals surface area (Å²) in [5.74, 6) is -1.06. The fraction of sp³-hybridized carbons (Fsp3) is 0.167. The molecule has 0 aliphatic heterocycles. The Bertz CT molecular complexity index is 583. The van der Waals surface area contributed by atoms with Crippen LogP contribution in [0.15, 0.2) is 36.7 Å². The lowest BCUT2D eigenvalue weighted by Crippen LogP contribution is -2.11. The molecule has 0 radical (unpaired) electrons. The Morgan fingerprint density at radius 1 is 1.42 bits per heavy atom. The molecule has 0 aliphatic rings. The van der Waals surface area contributed by atoms with E-state index < -0.39 is 24.7 Å². The molecule has 0 spiro atoms. The van der Waals surface area contributed by atoms with E-state index >= 15 is 0 Å². The van der Waals surface area contributed by atoms with Gasteiger partial charge in [0.2, 0.25) is 0 Å². The van der Waals surface area contributed by atoms with E-state index in [9.17, 15) is 18.0 Å². The second-order valence-corrected chi connectivity index (χ2v) is 3.81. The normalized spacial score (nSPS) is 10.7. The van der Waals surface area contributed by atoms with Crippen LogP contribution >= 0.6 is 0 Å². The minimum atomic E-state index is -2.52. The summed E-state index contributed by atoms with van der Waals surface area (Å²) in [5.41, 5.74) is 0.413. The molecule has 0 unspecified atom stereocenters. The number of anilines is 1. The van der Waals surface area contributed by atoms with Gasteiger partial charge in [-0.1, -0.05) is 6.07 Å². The predicted octanol–water partition coefficient (Wildman–Crippen LogP) is 2.54. The molecule has 1 aromatic heterocycles. The third-order valence-corrected chi connectivity index (χ3v) is 2.30. The van der Waals surface area contributed by atoms with Crippen LogP contribution in [0.3, 0.4) is 0 Å². The first-order chi connectivity index (χ1) is 9.04. The number of carbonyl (C=O) groups is 1. The zero-order valence-electron chi connectivity index (χ0n) is 9.69. The summed E-state index contributed by atoms with van der Waals surface area (Å²) in [5, 5.41) is 6.11. The Morgan fingerprint density at radius 2 is 2.21 bits per heavy atom. The van der Waals surface area contributed by atoms with Gasteiger partial charge < -0.3 is 5.32 Å². The van der Waals surface area contributed by atoms with Gasteiger partial charge in [-0.15, -0.1) is 0 Å². The molecule has 0 bridgehead atoms. The smallest absolute Gasteiger partial charge is 0.257 e. The van der Waals surface area contributed by atoms with E-state index in [1.807, 2.05) is 0 Å². The molecule has 7 heteroatoms. The Labute approximate surface area is 106 Å². The first kappa shape index (κ1) is 13.1. The lowest BCUT2D eigenvalue weighted by atomic mass is 10.2. The molecule has 2 rings (SSSR count). The number of rotatable bonds is 4. The average molecular weight is 269 g/mol. The van der Waals surface area contributed by atoms with Crippen molar-refractivity contribution in [2.75, 3.05) is 5.32 Å². The number of nitrogens with zero attached hydrogens (tertiary/aromatic N) is 2. The Balaban J connectivity index is 2.05. The van der Waals surface area contributed by atoms with Crippen LogP contribution in [0, 0.1) is 5.82 Å². The van der Waals surface area contributed by atoms with E-state index in [1.165, 1.54) is 30.6 Å². The number of nitrogens with one attached hydrogen (secondary N) is 1. The number of amides is 1. The van der Waals surface area contributed by atoms with Crippen molar-refractivity contribution < 1.29 is 18.0 Å². The molecule has 2 aromatic rings. The molecule has 1 N–H and O–H groups in total. The number of carbonyl (C=O) groups excluding carboxylic acids is 1. The van der Waals surface area contributed by atoms with Crippen molar-refractivity contribution in [3.8, 4) is 0 Å². The summed E-state index contributed by atoms with van der Waals surface area (Å²) < 4.78 is 38.2. The molecule has 1 amide bonds. The van der Waals surface area contributed by atoms with Crippen LogP contribution in [0.5, 0.6) is 0 Å². The standard InChI is InChI=1S/C12H10F3N3O/c13-9-3-1-2-8(4-9)12(19)17-10-5-16-18(6-10)7-11(14)15/h1-6,11H,7H2,(H,17,19). The van der Waals surface area contributed by atoms with Gasteiger partial charge in [0.05, 0.1) is 11.9 Å². The molecule has 1 heterocycles. The lowest BCUT2D eigenvalue weighted by Gasteiger charge is -2.02. The highest BCUT2D eigenvalue weighted by molar-refractivity contribution is 6.04. The number of halogens is 3. The molecule has 0 saturated carbocycles.